The van der Waals surface area contributed by atoms with E-state index in [1.54, 1.807) is 24.3 Å². The van der Waals surface area contributed by atoms with Crippen LogP contribution in [0.1, 0.15) is 140 Å². The number of para-hydroxylation sites is 2. The normalized spacial score (nSPS) is 11.2. The lowest BCUT2D eigenvalue weighted by atomic mass is 10.0. The maximum atomic E-state index is 11.1. The van der Waals surface area contributed by atoms with Gasteiger partial charge in [-0.05, 0) is 38.5 Å². The van der Waals surface area contributed by atoms with Crippen LogP contribution < -0.4 is 0 Å². The number of aryl methyl sites for hydroxylation is 2. The van der Waals surface area contributed by atoms with Gasteiger partial charge in [0.2, 0.25) is 0 Å². The van der Waals surface area contributed by atoms with Crippen molar-refractivity contribution in [1.29, 1.82) is 0 Å². The fourth-order valence-corrected chi connectivity index (χ4v) is 5.77. The molecule has 7 heteroatoms. The summed E-state index contributed by atoms with van der Waals surface area (Å²) in [7, 11) is 0. The molecule has 0 aliphatic rings. The Morgan fingerprint density at radius 2 is 0.698 bits per heavy atom. The molecular formula is C36H56N2O5. The van der Waals surface area contributed by atoms with Crippen molar-refractivity contribution < 1.29 is 14.6 Å². The second-order valence-electron chi connectivity index (χ2n) is 12.0. The number of unbranched alkanes of at least 4 members (excludes halogenated alkanes) is 18. The van der Waals surface area contributed by atoms with E-state index in [1.165, 1.54) is 103 Å². The van der Waals surface area contributed by atoms with Crippen molar-refractivity contribution in [3.8, 4) is 0 Å². The highest BCUT2D eigenvalue weighted by Crippen LogP contribution is 2.22. The summed E-state index contributed by atoms with van der Waals surface area (Å²) >= 11 is 0. The van der Waals surface area contributed by atoms with E-state index >= 15 is 0 Å². The fourth-order valence-electron chi connectivity index (χ4n) is 5.77. The van der Waals surface area contributed by atoms with Gasteiger partial charge in [-0.3, -0.25) is 20.2 Å². The predicted octanol–water partition coefficient (Wildman–Crippen LogP) is 11.1. The number of hydrogen-bond donors (Lipinski definition) is 0. The van der Waals surface area contributed by atoms with Crippen LogP contribution in [0.5, 0.6) is 0 Å². The second-order valence-corrected chi connectivity index (χ2v) is 12.0. The zero-order chi connectivity index (χ0) is 30.8. The Bertz CT molecular complexity index is 933. The Morgan fingerprint density at radius 3 is 1.02 bits per heavy atom. The molecule has 0 N–H and O–H groups in total. The van der Waals surface area contributed by atoms with Crippen molar-refractivity contribution in [3.05, 3.63) is 79.9 Å². The summed E-state index contributed by atoms with van der Waals surface area (Å²) in [4.78, 5) is 21.6. The van der Waals surface area contributed by atoms with Crippen LogP contribution in [0.2, 0.25) is 0 Å². The minimum Gasteiger partial charge on any atom is -0.381 e. The average Bonchev–Trinajstić information content (AvgIpc) is 3.01. The highest BCUT2D eigenvalue weighted by Gasteiger charge is 2.12. The van der Waals surface area contributed by atoms with E-state index in [2.05, 4.69) is 0 Å². The van der Waals surface area contributed by atoms with E-state index in [1.807, 2.05) is 24.3 Å². The Labute approximate surface area is 260 Å². The maximum Gasteiger partial charge on any atom is 0.272 e. The Hall–Kier alpha value is -2.80. The van der Waals surface area contributed by atoms with Gasteiger partial charge in [0.1, 0.15) is 0 Å². The van der Waals surface area contributed by atoms with E-state index in [4.69, 9.17) is 4.74 Å². The first kappa shape index (κ1) is 36.4. The van der Waals surface area contributed by atoms with Crippen molar-refractivity contribution in [1.82, 2.24) is 0 Å². The third-order valence-electron chi connectivity index (χ3n) is 8.35. The molecule has 0 bridgehead atoms. The van der Waals surface area contributed by atoms with Crippen LogP contribution in [-0.2, 0) is 17.6 Å². The minimum absolute atomic E-state index is 0.258. The topological polar surface area (TPSA) is 95.5 Å². The lowest BCUT2D eigenvalue weighted by Gasteiger charge is -2.06. The molecule has 0 aromatic heterocycles. The molecule has 2 rings (SSSR count). The van der Waals surface area contributed by atoms with Gasteiger partial charge in [-0.2, -0.15) is 0 Å². The van der Waals surface area contributed by atoms with E-state index in [0.29, 0.717) is 0 Å². The van der Waals surface area contributed by atoms with Crippen molar-refractivity contribution >= 4 is 11.4 Å². The van der Waals surface area contributed by atoms with Crippen LogP contribution in [-0.4, -0.2) is 23.1 Å². The zero-order valence-electron chi connectivity index (χ0n) is 26.5. The lowest BCUT2D eigenvalue weighted by molar-refractivity contribution is -0.385. The maximum absolute atomic E-state index is 11.1. The number of nitro groups is 2. The molecule has 7 nitrogen and oxygen atoms in total. The molecule has 2 aromatic rings. The number of nitro benzene ring substituents is 2. The SMILES string of the molecule is O=[N+]([O-])c1ccccc1CCCCCCCCCCCCOCCCCCCCCCCCCc1ccccc1[N+](=O)[O-]. The van der Waals surface area contributed by atoms with Gasteiger partial charge in [-0.25, -0.2) is 0 Å². The van der Waals surface area contributed by atoms with Crippen molar-refractivity contribution in [3.63, 3.8) is 0 Å². The van der Waals surface area contributed by atoms with Crippen molar-refractivity contribution in [2.24, 2.45) is 0 Å². The van der Waals surface area contributed by atoms with Crippen LogP contribution in [0.4, 0.5) is 11.4 Å². The molecule has 0 aliphatic heterocycles. The van der Waals surface area contributed by atoms with Crippen LogP contribution in [0, 0.1) is 20.2 Å². The standard InChI is InChI=1S/C36H56N2O5/c39-37(40)35-29-21-19-27-33(35)25-17-13-9-5-1-3-7-11-15-23-31-43-32-24-16-12-8-4-2-6-10-14-18-26-34-28-20-22-30-36(34)38(41)42/h19-22,27-30H,1-18,23-26,31-32H2. The van der Waals surface area contributed by atoms with Gasteiger partial charge in [0.25, 0.3) is 11.4 Å². The van der Waals surface area contributed by atoms with Crippen LogP contribution >= 0.6 is 0 Å². The molecule has 0 aliphatic carbocycles. The molecule has 0 spiro atoms. The number of rotatable bonds is 28. The number of ether oxygens (including phenoxy) is 1. The molecule has 0 saturated heterocycles. The van der Waals surface area contributed by atoms with Gasteiger partial charge in [0.15, 0.2) is 0 Å². The molecule has 0 heterocycles. The van der Waals surface area contributed by atoms with E-state index in [0.717, 1.165) is 62.9 Å². The average molecular weight is 597 g/mol. The minimum atomic E-state index is -0.272. The molecule has 0 amide bonds. The number of benzene rings is 2. The molecule has 0 unspecified atom stereocenters. The van der Waals surface area contributed by atoms with E-state index in [-0.39, 0.29) is 21.2 Å². The Morgan fingerprint density at radius 1 is 0.419 bits per heavy atom. The Balaban J connectivity index is 1.24. The quantitative estimate of drug-likeness (QED) is 0.0553. The monoisotopic (exact) mass is 596 g/mol. The molecule has 0 saturated carbocycles. The molecule has 43 heavy (non-hydrogen) atoms. The molecule has 0 atom stereocenters. The van der Waals surface area contributed by atoms with Crippen molar-refractivity contribution in [2.75, 3.05) is 13.2 Å². The highest BCUT2D eigenvalue weighted by atomic mass is 16.6. The first-order chi connectivity index (χ1) is 21.1. The van der Waals surface area contributed by atoms with Gasteiger partial charge in [0.05, 0.1) is 9.85 Å². The third kappa shape index (κ3) is 17.8. The van der Waals surface area contributed by atoms with E-state index < -0.39 is 0 Å². The van der Waals surface area contributed by atoms with Gasteiger partial charge < -0.3 is 4.74 Å². The predicted molar refractivity (Wildman–Crippen MR) is 177 cm³/mol. The zero-order valence-corrected chi connectivity index (χ0v) is 26.5. The molecule has 0 radical (unpaired) electrons. The van der Waals surface area contributed by atoms with Crippen LogP contribution in [0.15, 0.2) is 48.5 Å². The summed E-state index contributed by atoms with van der Waals surface area (Å²) in [6.07, 6.45) is 26.3. The first-order valence-corrected chi connectivity index (χ1v) is 17.1. The summed E-state index contributed by atoms with van der Waals surface area (Å²) in [5.74, 6) is 0. The molecule has 2 aromatic carbocycles. The second kappa shape index (κ2) is 24.6. The first-order valence-electron chi connectivity index (χ1n) is 17.1. The lowest BCUT2D eigenvalue weighted by Crippen LogP contribution is -1.97. The van der Waals surface area contributed by atoms with Crippen molar-refractivity contribution in [2.45, 2.75) is 141 Å². The highest BCUT2D eigenvalue weighted by molar-refractivity contribution is 5.40. The molecule has 0 fully saturated rings. The summed E-state index contributed by atoms with van der Waals surface area (Å²) in [5, 5.41) is 22.2. The number of hydrogen-bond acceptors (Lipinski definition) is 5. The fraction of sp³-hybridized carbons (Fsp3) is 0.667. The van der Waals surface area contributed by atoms with Crippen LogP contribution in [0.25, 0.3) is 0 Å². The van der Waals surface area contributed by atoms with E-state index in [9.17, 15) is 20.2 Å². The summed E-state index contributed by atoms with van der Waals surface area (Å²) in [6.45, 7) is 1.80. The molecule has 240 valence electrons. The van der Waals surface area contributed by atoms with Gasteiger partial charge in [0, 0.05) is 36.5 Å². The summed E-state index contributed by atoms with van der Waals surface area (Å²) < 4.78 is 5.83. The van der Waals surface area contributed by atoms with Gasteiger partial charge >= 0.3 is 0 Å². The Kier molecular flexibility index (Phi) is 20.8. The summed E-state index contributed by atoms with van der Waals surface area (Å²) in [6, 6.07) is 14.2. The largest absolute Gasteiger partial charge is 0.381 e. The van der Waals surface area contributed by atoms with Gasteiger partial charge in [-0.15, -0.1) is 0 Å². The smallest absolute Gasteiger partial charge is 0.272 e. The summed E-state index contributed by atoms with van der Waals surface area (Å²) in [5.41, 5.74) is 2.24. The molecular weight excluding hydrogens is 540 g/mol. The van der Waals surface area contributed by atoms with Crippen LogP contribution in [0.3, 0.4) is 0 Å². The number of nitrogens with zero attached hydrogens (tertiary/aromatic N) is 2. The van der Waals surface area contributed by atoms with Gasteiger partial charge in [-0.1, -0.05) is 139 Å². The third-order valence-corrected chi connectivity index (χ3v) is 8.35.